The number of rotatable bonds is 3. The maximum Gasteiger partial charge on any atom is 0.0737 e. The van der Waals surface area contributed by atoms with Gasteiger partial charge in [-0.25, -0.2) is 8.57 Å². The van der Waals surface area contributed by atoms with Crippen LogP contribution in [0.25, 0.3) is 0 Å². The lowest BCUT2D eigenvalue weighted by Gasteiger charge is -2.04. The molecule has 94 valence electrons. The third kappa shape index (κ3) is 3.20. The average molecular weight is 259 g/mol. The number of aryl methyl sites for hydroxylation is 1. The van der Waals surface area contributed by atoms with E-state index in [1.165, 1.54) is 5.56 Å². The quantitative estimate of drug-likeness (QED) is 0.827. The van der Waals surface area contributed by atoms with Crippen molar-refractivity contribution in [3.8, 4) is 0 Å². The van der Waals surface area contributed by atoms with E-state index in [0.717, 1.165) is 10.5 Å². The SMILES string of the molecule is Cc1ccc(CN=S(C)(=O)c2ccccc2)cc1. The molecule has 0 fully saturated rings. The van der Waals surface area contributed by atoms with Crippen LogP contribution in [-0.2, 0) is 16.3 Å². The van der Waals surface area contributed by atoms with Crippen LogP contribution in [0.2, 0.25) is 0 Å². The first-order chi connectivity index (χ1) is 8.58. The Kier molecular flexibility index (Phi) is 3.82. The topological polar surface area (TPSA) is 29.4 Å². The van der Waals surface area contributed by atoms with Crippen molar-refractivity contribution in [1.29, 1.82) is 0 Å². The van der Waals surface area contributed by atoms with Crippen molar-refractivity contribution in [2.24, 2.45) is 4.36 Å². The van der Waals surface area contributed by atoms with Gasteiger partial charge in [0.1, 0.15) is 0 Å². The highest BCUT2D eigenvalue weighted by Crippen LogP contribution is 2.13. The fraction of sp³-hybridized carbons (Fsp3) is 0.200. The standard InChI is InChI=1S/C15H17NOS/c1-13-8-10-14(11-9-13)12-16-18(2,17)15-6-4-3-5-7-15/h3-11H,12H2,1-2H3. The summed E-state index contributed by atoms with van der Waals surface area (Å²) in [6.45, 7) is 2.54. The summed E-state index contributed by atoms with van der Waals surface area (Å²) in [6.07, 6.45) is 1.69. The molecule has 0 saturated carbocycles. The molecule has 0 spiro atoms. The van der Waals surface area contributed by atoms with Gasteiger partial charge in [-0.2, -0.15) is 0 Å². The molecule has 2 aromatic rings. The molecule has 0 aromatic heterocycles. The Bertz CT molecular complexity index is 623. The van der Waals surface area contributed by atoms with Crippen LogP contribution in [0.3, 0.4) is 0 Å². The second-order valence-electron chi connectivity index (χ2n) is 4.39. The highest BCUT2D eigenvalue weighted by molar-refractivity contribution is 7.93. The zero-order chi connectivity index (χ0) is 13.0. The molecule has 1 atom stereocenters. The Hall–Kier alpha value is -1.61. The Morgan fingerprint density at radius 2 is 1.61 bits per heavy atom. The van der Waals surface area contributed by atoms with Gasteiger partial charge in [0.25, 0.3) is 0 Å². The van der Waals surface area contributed by atoms with E-state index >= 15 is 0 Å². The predicted octanol–water partition coefficient (Wildman–Crippen LogP) is 3.65. The lowest BCUT2D eigenvalue weighted by atomic mass is 10.2. The van der Waals surface area contributed by atoms with Crippen molar-refractivity contribution >= 4 is 9.73 Å². The van der Waals surface area contributed by atoms with Crippen LogP contribution in [0.5, 0.6) is 0 Å². The van der Waals surface area contributed by atoms with Gasteiger partial charge >= 0.3 is 0 Å². The van der Waals surface area contributed by atoms with Gasteiger partial charge in [-0.15, -0.1) is 0 Å². The molecule has 0 aliphatic carbocycles. The van der Waals surface area contributed by atoms with E-state index in [0.29, 0.717) is 6.54 Å². The van der Waals surface area contributed by atoms with Gasteiger partial charge in [0.05, 0.1) is 16.3 Å². The second-order valence-corrected chi connectivity index (χ2v) is 6.72. The van der Waals surface area contributed by atoms with E-state index < -0.39 is 9.73 Å². The first kappa shape index (κ1) is 12.8. The highest BCUT2D eigenvalue weighted by atomic mass is 32.2. The van der Waals surface area contributed by atoms with Crippen LogP contribution < -0.4 is 0 Å². The molecule has 3 heteroatoms. The molecule has 0 radical (unpaired) electrons. The maximum atomic E-state index is 12.5. The monoisotopic (exact) mass is 259 g/mol. The Morgan fingerprint density at radius 1 is 1.00 bits per heavy atom. The van der Waals surface area contributed by atoms with Crippen LogP contribution in [0, 0.1) is 6.92 Å². The van der Waals surface area contributed by atoms with E-state index in [-0.39, 0.29) is 0 Å². The number of hydrogen-bond acceptors (Lipinski definition) is 2. The second kappa shape index (κ2) is 5.36. The summed E-state index contributed by atoms with van der Waals surface area (Å²) in [4.78, 5) is 0.789. The van der Waals surface area contributed by atoms with E-state index in [1.54, 1.807) is 6.26 Å². The summed E-state index contributed by atoms with van der Waals surface area (Å²) in [5.74, 6) is 0. The molecular weight excluding hydrogens is 242 g/mol. The Labute approximate surface area is 109 Å². The zero-order valence-electron chi connectivity index (χ0n) is 10.7. The van der Waals surface area contributed by atoms with Gasteiger partial charge in [0.2, 0.25) is 0 Å². The molecule has 18 heavy (non-hydrogen) atoms. The molecule has 0 N–H and O–H groups in total. The fourth-order valence-electron chi connectivity index (χ4n) is 1.64. The minimum absolute atomic E-state index is 0.491. The largest absolute Gasteiger partial charge is 0.245 e. The van der Waals surface area contributed by atoms with Gasteiger partial charge in [-0.3, -0.25) is 0 Å². The minimum atomic E-state index is -2.29. The fourth-order valence-corrected chi connectivity index (χ4v) is 2.85. The van der Waals surface area contributed by atoms with Crippen LogP contribution >= 0.6 is 0 Å². The lowest BCUT2D eigenvalue weighted by Crippen LogP contribution is -1.98. The van der Waals surface area contributed by atoms with Crippen molar-refractivity contribution in [1.82, 2.24) is 0 Å². The van der Waals surface area contributed by atoms with Crippen molar-refractivity contribution in [3.63, 3.8) is 0 Å². The van der Waals surface area contributed by atoms with Crippen LogP contribution in [0.1, 0.15) is 11.1 Å². The van der Waals surface area contributed by atoms with Crippen molar-refractivity contribution in [2.75, 3.05) is 6.26 Å². The lowest BCUT2D eigenvalue weighted by molar-refractivity contribution is 0.678. The van der Waals surface area contributed by atoms with Gasteiger partial charge in [-0.1, -0.05) is 48.0 Å². The summed E-state index contributed by atoms with van der Waals surface area (Å²) in [7, 11) is -2.29. The number of nitrogens with zero attached hydrogens (tertiary/aromatic N) is 1. The molecular formula is C15H17NOS. The van der Waals surface area contributed by atoms with E-state index in [9.17, 15) is 4.21 Å². The van der Waals surface area contributed by atoms with Crippen LogP contribution in [-0.4, -0.2) is 10.5 Å². The van der Waals surface area contributed by atoms with Gasteiger partial charge in [0, 0.05) is 11.2 Å². The van der Waals surface area contributed by atoms with Crippen molar-refractivity contribution in [3.05, 3.63) is 65.7 Å². The minimum Gasteiger partial charge on any atom is -0.245 e. The highest BCUT2D eigenvalue weighted by Gasteiger charge is 2.04. The van der Waals surface area contributed by atoms with Crippen LogP contribution in [0.15, 0.2) is 63.9 Å². The van der Waals surface area contributed by atoms with E-state index in [1.807, 2.05) is 61.5 Å². The smallest absolute Gasteiger partial charge is 0.0737 e. The molecule has 0 amide bonds. The molecule has 0 saturated heterocycles. The third-order valence-corrected chi connectivity index (χ3v) is 4.56. The average Bonchev–Trinajstić information content (AvgIpc) is 2.39. The van der Waals surface area contributed by atoms with E-state index in [2.05, 4.69) is 4.36 Å². The third-order valence-electron chi connectivity index (χ3n) is 2.79. The zero-order valence-corrected chi connectivity index (χ0v) is 11.5. The number of benzene rings is 2. The maximum absolute atomic E-state index is 12.5. The summed E-state index contributed by atoms with van der Waals surface area (Å²) in [6, 6.07) is 17.6. The molecule has 2 aromatic carbocycles. The molecule has 0 heterocycles. The predicted molar refractivity (Wildman–Crippen MR) is 76.1 cm³/mol. The molecule has 2 rings (SSSR count). The van der Waals surface area contributed by atoms with Crippen molar-refractivity contribution in [2.45, 2.75) is 18.4 Å². The summed E-state index contributed by atoms with van der Waals surface area (Å²) < 4.78 is 16.8. The van der Waals surface area contributed by atoms with Gasteiger partial charge in [0.15, 0.2) is 0 Å². The molecule has 0 aliphatic rings. The van der Waals surface area contributed by atoms with Gasteiger partial charge in [-0.05, 0) is 24.6 Å². The van der Waals surface area contributed by atoms with E-state index in [4.69, 9.17) is 0 Å². The molecule has 1 unspecified atom stereocenters. The molecule has 0 aliphatic heterocycles. The van der Waals surface area contributed by atoms with Gasteiger partial charge < -0.3 is 0 Å². The Morgan fingerprint density at radius 3 is 2.22 bits per heavy atom. The first-order valence-electron chi connectivity index (χ1n) is 5.86. The number of hydrogen-bond donors (Lipinski definition) is 0. The molecule has 2 nitrogen and oxygen atoms in total. The summed E-state index contributed by atoms with van der Waals surface area (Å²) in [5, 5.41) is 0. The Balaban J connectivity index is 2.23. The van der Waals surface area contributed by atoms with Crippen molar-refractivity contribution < 1.29 is 4.21 Å². The first-order valence-corrected chi connectivity index (χ1v) is 7.79. The summed E-state index contributed by atoms with van der Waals surface area (Å²) >= 11 is 0. The summed E-state index contributed by atoms with van der Waals surface area (Å²) in [5.41, 5.74) is 2.31. The molecule has 0 bridgehead atoms. The van der Waals surface area contributed by atoms with Crippen LogP contribution in [0.4, 0.5) is 0 Å². The normalized spacial score (nSPS) is 13.9.